The first-order valence-electron chi connectivity index (χ1n) is 9.44. The molecule has 0 unspecified atom stereocenters. The van der Waals surface area contributed by atoms with E-state index in [-0.39, 0.29) is 10.8 Å². The van der Waals surface area contributed by atoms with Crippen LogP contribution in [0.15, 0.2) is 46.9 Å². The summed E-state index contributed by atoms with van der Waals surface area (Å²) in [6, 6.07) is 7.91. The summed E-state index contributed by atoms with van der Waals surface area (Å²) in [6.45, 7) is 5.20. The average Bonchev–Trinajstić information content (AvgIpc) is 3.17. The maximum absolute atomic E-state index is 13.0. The molecule has 152 valence electrons. The second-order valence-corrected chi connectivity index (χ2v) is 10.4. The molecule has 1 aromatic carbocycles. The Hall–Kier alpha value is -2.36. The number of sulfonamides is 1. The van der Waals surface area contributed by atoms with Gasteiger partial charge in [0, 0.05) is 18.7 Å². The predicted octanol–water partition coefficient (Wildman–Crippen LogP) is 3.61. The minimum absolute atomic E-state index is 0.206. The molecule has 1 saturated heterocycles. The molecule has 29 heavy (non-hydrogen) atoms. The van der Waals surface area contributed by atoms with Gasteiger partial charge in [-0.15, -0.1) is 11.3 Å². The second kappa shape index (κ2) is 7.81. The Bertz CT molecular complexity index is 1130. The van der Waals surface area contributed by atoms with Gasteiger partial charge in [0.25, 0.3) is 5.91 Å². The molecule has 2 aromatic heterocycles. The lowest BCUT2D eigenvalue weighted by Gasteiger charge is -2.34. The number of nitrogens with zero attached hydrogens (tertiary/aromatic N) is 3. The Morgan fingerprint density at radius 3 is 2.48 bits per heavy atom. The van der Waals surface area contributed by atoms with Crippen molar-refractivity contribution in [2.75, 3.05) is 18.4 Å². The molecular formula is C20H22N4O3S2. The van der Waals surface area contributed by atoms with Crippen LogP contribution in [0.1, 0.15) is 30.6 Å². The van der Waals surface area contributed by atoms with E-state index < -0.39 is 10.0 Å². The SMILES string of the molecule is C[C@H]1C[C@H](C)CN(S(=O)(=O)c2ccc(C(=O)Nc3ncnc4sccc34)cc2)C1. The third kappa shape index (κ3) is 4.03. The zero-order chi connectivity index (χ0) is 20.6. The van der Waals surface area contributed by atoms with E-state index in [1.165, 1.54) is 41.9 Å². The first-order chi connectivity index (χ1) is 13.8. The van der Waals surface area contributed by atoms with Gasteiger partial charge in [0.05, 0.1) is 10.3 Å². The molecule has 0 aliphatic carbocycles. The van der Waals surface area contributed by atoms with E-state index in [9.17, 15) is 13.2 Å². The Kier molecular flexibility index (Phi) is 5.37. The number of aromatic nitrogens is 2. The number of anilines is 1. The van der Waals surface area contributed by atoms with Crippen LogP contribution in [-0.2, 0) is 10.0 Å². The summed E-state index contributed by atoms with van der Waals surface area (Å²) in [7, 11) is -3.57. The number of hydrogen-bond acceptors (Lipinski definition) is 6. The summed E-state index contributed by atoms with van der Waals surface area (Å²) in [6.07, 6.45) is 2.44. The third-order valence-electron chi connectivity index (χ3n) is 5.08. The van der Waals surface area contributed by atoms with Crippen LogP contribution in [0.5, 0.6) is 0 Å². The van der Waals surface area contributed by atoms with Crippen molar-refractivity contribution in [3.63, 3.8) is 0 Å². The van der Waals surface area contributed by atoms with Crippen LogP contribution in [0.4, 0.5) is 5.82 Å². The van der Waals surface area contributed by atoms with E-state index in [0.717, 1.165) is 16.6 Å². The summed E-state index contributed by atoms with van der Waals surface area (Å²) in [4.78, 5) is 21.9. The molecule has 0 spiro atoms. The molecule has 1 N–H and O–H groups in total. The lowest BCUT2D eigenvalue weighted by Crippen LogP contribution is -2.42. The number of carbonyl (C=O) groups is 1. The van der Waals surface area contributed by atoms with Gasteiger partial charge in [-0.2, -0.15) is 4.31 Å². The molecule has 4 rings (SSSR count). The molecule has 1 amide bonds. The van der Waals surface area contributed by atoms with Crippen LogP contribution < -0.4 is 5.32 Å². The monoisotopic (exact) mass is 430 g/mol. The molecule has 2 atom stereocenters. The number of hydrogen-bond donors (Lipinski definition) is 1. The van der Waals surface area contributed by atoms with Crippen LogP contribution in [0.3, 0.4) is 0 Å². The molecule has 3 heterocycles. The lowest BCUT2D eigenvalue weighted by molar-refractivity contribution is 0.102. The standard InChI is InChI=1S/C20H22N4O3S2/c1-13-9-14(2)11-24(10-13)29(26,27)16-5-3-15(4-6-16)19(25)23-18-17-7-8-28-20(17)22-12-21-18/h3-8,12-14H,9-11H2,1-2H3,(H,21,22,23,25)/t13-,14-/m0/s1. The predicted molar refractivity (Wildman–Crippen MR) is 114 cm³/mol. The number of carbonyl (C=O) groups excluding carboxylic acids is 1. The second-order valence-electron chi connectivity index (χ2n) is 7.61. The highest BCUT2D eigenvalue weighted by molar-refractivity contribution is 7.89. The first kappa shape index (κ1) is 19.9. The van der Waals surface area contributed by atoms with Crippen molar-refractivity contribution >= 4 is 43.3 Å². The Morgan fingerprint density at radius 1 is 1.10 bits per heavy atom. The Balaban J connectivity index is 1.53. The van der Waals surface area contributed by atoms with E-state index in [4.69, 9.17) is 0 Å². The molecule has 3 aromatic rings. The van der Waals surface area contributed by atoms with Gasteiger partial charge in [-0.1, -0.05) is 13.8 Å². The number of nitrogens with one attached hydrogen (secondary N) is 1. The van der Waals surface area contributed by atoms with Gasteiger partial charge >= 0.3 is 0 Å². The minimum atomic E-state index is -3.57. The zero-order valence-electron chi connectivity index (χ0n) is 16.2. The summed E-state index contributed by atoms with van der Waals surface area (Å²) in [5.41, 5.74) is 0.367. The smallest absolute Gasteiger partial charge is 0.256 e. The molecule has 1 aliphatic heterocycles. The van der Waals surface area contributed by atoms with Crippen molar-refractivity contribution in [2.24, 2.45) is 11.8 Å². The molecule has 0 radical (unpaired) electrons. The number of benzene rings is 1. The molecule has 0 bridgehead atoms. The number of thiophene rings is 1. The van der Waals surface area contributed by atoms with Gasteiger partial charge in [0.1, 0.15) is 17.0 Å². The van der Waals surface area contributed by atoms with E-state index in [2.05, 4.69) is 29.1 Å². The van der Waals surface area contributed by atoms with Crippen LogP contribution in [0, 0.1) is 11.8 Å². The summed E-state index contributed by atoms with van der Waals surface area (Å²) in [5, 5.41) is 5.44. The van der Waals surface area contributed by atoms with Crippen molar-refractivity contribution in [2.45, 2.75) is 25.2 Å². The Morgan fingerprint density at radius 2 is 1.79 bits per heavy atom. The fraction of sp³-hybridized carbons (Fsp3) is 0.350. The fourth-order valence-electron chi connectivity index (χ4n) is 3.80. The number of amides is 1. The number of piperidine rings is 1. The molecule has 9 heteroatoms. The molecular weight excluding hydrogens is 408 g/mol. The van der Waals surface area contributed by atoms with Crippen LogP contribution >= 0.6 is 11.3 Å². The quantitative estimate of drug-likeness (QED) is 0.683. The van der Waals surface area contributed by atoms with Crippen LogP contribution in [-0.4, -0.2) is 41.7 Å². The first-order valence-corrected chi connectivity index (χ1v) is 11.8. The average molecular weight is 431 g/mol. The van der Waals surface area contributed by atoms with Crippen molar-refractivity contribution in [3.05, 3.63) is 47.6 Å². The highest BCUT2D eigenvalue weighted by atomic mass is 32.2. The van der Waals surface area contributed by atoms with Crippen LogP contribution in [0.25, 0.3) is 10.2 Å². The molecule has 1 fully saturated rings. The van der Waals surface area contributed by atoms with Gasteiger partial charge in [0.15, 0.2) is 0 Å². The van der Waals surface area contributed by atoms with E-state index in [1.54, 1.807) is 4.31 Å². The Labute approximate surface area is 173 Å². The van der Waals surface area contributed by atoms with Crippen molar-refractivity contribution in [1.82, 2.24) is 14.3 Å². The summed E-state index contributed by atoms with van der Waals surface area (Å²) >= 11 is 1.47. The maximum Gasteiger partial charge on any atom is 0.256 e. The normalized spacial score (nSPS) is 20.6. The highest BCUT2D eigenvalue weighted by Gasteiger charge is 2.31. The van der Waals surface area contributed by atoms with Crippen molar-refractivity contribution in [1.29, 1.82) is 0 Å². The molecule has 7 nitrogen and oxygen atoms in total. The lowest BCUT2D eigenvalue weighted by atomic mass is 9.94. The zero-order valence-corrected chi connectivity index (χ0v) is 17.8. The third-order valence-corrected chi connectivity index (χ3v) is 7.75. The minimum Gasteiger partial charge on any atom is -0.306 e. The summed E-state index contributed by atoms with van der Waals surface area (Å²) < 4.78 is 27.5. The molecule has 0 saturated carbocycles. The van der Waals surface area contributed by atoms with Gasteiger partial charge in [0.2, 0.25) is 10.0 Å². The van der Waals surface area contributed by atoms with Crippen molar-refractivity contribution in [3.8, 4) is 0 Å². The topological polar surface area (TPSA) is 92.3 Å². The van der Waals surface area contributed by atoms with E-state index in [0.29, 0.717) is 36.3 Å². The van der Waals surface area contributed by atoms with Crippen molar-refractivity contribution < 1.29 is 13.2 Å². The van der Waals surface area contributed by atoms with E-state index >= 15 is 0 Å². The van der Waals surface area contributed by atoms with E-state index in [1.807, 2.05) is 11.4 Å². The maximum atomic E-state index is 13.0. The molecule has 1 aliphatic rings. The fourth-order valence-corrected chi connectivity index (χ4v) is 6.21. The number of rotatable bonds is 4. The highest BCUT2D eigenvalue weighted by Crippen LogP contribution is 2.27. The summed E-state index contributed by atoms with van der Waals surface area (Å²) in [5.74, 6) is 0.760. The van der Waals surface area contributed by atoms with Gasteiger partial charge in [-0.3, -0.25) is 4.79 Å². The van der Waals surface area contributed by atoms with Gasteiger partial charge < -0.3 is 5.32 Å². The number of fused-ring (bicyclic) bond motifs is 1. The largest absolute Gasteiger partial charge is 0.306 e. The van der Waals surface area contributed by atoms with Gasteiger partial charge in [-0.05, 0) is 54.0 Å². The van der Waals surface area contributed by atoms with Gasteiger partial charge in [-0.25, -0.2) is 18.4 Å². The van der Waals surface area contributed by atoms with Crippen LogP contribution in [0.2, 0.25) is 0 Å².